The number of phenols is 1. The predicted molar refractivity (Wildman–Crippen MR) is 69.2 cm³/mol. The van der Waals surface area contributed by atoms with E-state index < -0.39 is 5.97 Å². The first kappa shape index (κ1) is 11.9. The molecule has 0 saturated heterocycles. The summed E-state index contributed by atoms with van der Waals surface area (Å²) in [5, 5.41) is 9.22. The molecule has 2 rings (SSSR count). The molecule has 3 heteroatoms. The van der Waals surface area contributed by atoms with Crippen molar-refractivity contribution in [1.82, 2.24) is 0 Å². The molecule has 0 unspecified atom stereocenters. The molecule has 2 aromatic carbocycles. The Bertz CT molecular complexity index is 559. The fourth-order valence-corrected chi connectivity index (χ4v) is 1.43. The molecule has 3 nitrogen and oxygen atoms in total. The van der Waals surface area contributed by atoms with Crippen LogP contribution in [-0.2, 0) is 4.79 Å². The molecule has 0 amide bonds. The monoisotopic (exact) mass is 240 g/mol. The highest BCUT2D eigenvalue weighted by Gasteiger charge is 2.00. The summed E-state index contributed by atoms with van der Waals surface area (Å²) in [6.07, 6.45) is 3.02. The number of phenolic OH excluding ortho intramolecular Hbond substituents is 1. The molecule has 0 aliphatic rings. The van der Waals surface area contributed by atoms with Gasteiger partial charge in [0.1, 0.15) is 11.5 Å². The van der Waals surface area contributed by atoms with Crippen molar-refractivity contribution in [3.8, 4) is 11.5 Å². The van der Waals surface area contributed by atoms with Gasteiger partial charge in [-0.05, 0) is 23.8 Å². The van der Waals surface area contributed by atoms with Crippen LogP contribution in [0, 0.1) is 0 Å². The number of aromatic hydroxyl groups is 1. The Morgan fingerprint density at radius 2 is 1.83 bits per heavy atom. The largest absolute Gasteiger partial charge is 0.508 e. The number of carbonyl (C=O) groups excluding carboxylic acids is 1. The van der Waals surface area contributed by atoms with Crippen LogP contribution >= 0.6 is 0 Å². The van der Waals surface area contributed by atoms with Gasteiger partial charge in [0.25, 0.3) is 0 Å². The van der Waals surface area contributed by atoms with Crippen molar-refractivity contribution < 1.29 is 14.6 Å². The smallest absolute Gasteiger partial charge is 0.336 e. The Morgan fingerprint density at radius 1 is 1.06 bits per heavy atom. The lowest BCUT2D eigenvalue weighted by Crippen LogP contribution is -2.03. The maximum Gasteiger partial charge on any atom is 0.336 e. The van der Waals surface area contributed by atoms with Crippen LogP contribution in [0.15, 0.2) is 60.7 Å². The summed E-state index contributed by atoms with van der Waals surface area (Å²) in [4.78, 5) is 11.5. The van der Waals surface area contributed by atoms with Crippen molar-refractivity contribution in [3.05, 3.63) is 66.2 Å². The highest BCUT2D eigenvalue weighted by atomic mass is 16.5. The number of benzene rings is 2. The van der Waals surface area contributed by atoms with E-state index in [-0.39, 0.29) is 5.75 Å². The number of rotatable bonds is 3. The van der Waals surface area contributed by atoms with E-state index >= 15 is 0 Å². The average molecular weight is 240 g/mol. The van der Waals surface area contributed by atoms with Gasteiger partial charge in [0.05, 0.1) is 0 Å². The number of ether oxygens (including phenoxy) is 1. The third-order valence-electron chi connectivity index (χ3n) is 2.25. The SMILES string of the molecule is O=C(C=Cc1ccccc1)Oc1cccc(O)c1. The molecule has 0 spiro atoms. The summed E-state index contributed by atoms with van der Waals surface area (Å²) in [5.41, 5.74) is 0.922. The molecule has 0 aliphatic carbocycles. The number of hydrogen-bond acceptors (Lipinski definition) is 3. The first-order valence-electron chi connectivity index (χ1n) is 5.48. The van der Waals surface area contributed by atoms with Crippen LogP contribution in [0.4, 0.5) is 0 Å². The van der Waals surface area contributed by atoms with Crippen LogP contribution in [0.1, 0.15) is 5.56 Å². The van der Waals surface area contributed by atoms with Gasteiger partial charge in [-0.25, -0.2) is 4.79 Å². The molecule has 18 heavy (non-hydrogen) atoms. The van der Waals surface area contributed by atoms with Crippen molar-refractivity contribution in [3.63, 3.8) is 0 Å². The molecule has 90 valence electrons. The van der Waals surface area contributed by atoms with E-state index in [9.17, 15) is 9.90 Å². The lowest BCUT2D eigenvalue weighted by molar-refractivity contribution is -0.128. The Kier molecular flexibility index (Phi) is 3.76. The topological polar surface area (TPSA) is 46.5 Å². The van der Waals surface area contributed by atoms with Crippen molar-refractivity contribution in [1.29, 1.82) is 0 Å². The van der Waals surface area contributed by atoms with Crippen molar-refractivity contribution in [2.24, 2.45) is 0 Å². The highest BCUT2D eigenvalue weighted by molar-refractivity contribution is 5.88. The van der Waals surface area contributed by atoms with Gasteiger partial charge in [-0.2, -0.15) is 0 Å². The van der Waals surface area contributed by atoms with E-state index in [1.54, 1.807) is 18.2 Å². The van der Waals surface area contributed by atoms with Crippen molar-refractivity contribution >= 4 is 12.0 Å². The molecular weight excluding hydrogens is 228 g/mol. The first-order chi connectivity index (χ1) is 8.74. The average Bonchev–Trinajstić information content (AvgIpc) is 2.38. The second kappa shape index (κ2) is 5.68. The molecular formula is C15H12O3. The molecule has 0 aliphatic heterocycles. The Labute approximate surface area is 105 Å². The summed E-state index contributed by atoms with van der Waals surface area (Å²) in [7, 11) is 0. The Hall–Kier alpha value is -2.55. The zero-order valence-corrected chi connectivity index (χ0v) is 9.61. The van der Waals surface area contributed by atoms with Gasteiger partial charge >= 0.3 is 5.97 Å². The zero-order valence-electron chi connectivity index (χ0n) is 9.61. The number of hydrogen-bond donors (Lipinski definition) is 1. The van der Waals surface area contributed by atoms with Crippen LogP contribution < -0.4 is 4.74 Å². The van der Waals surface area contributed by atoms with Gasteiger partial charge in [-0.3, -0.25) is 0 Å². The van der Waals surface area contributed by atoms with Gasteiger partial charge in [-0.15, -0.1) is 0 Å². The summed E-state index contributed by atoms with van der Waals surface area (Å²) < 4.78 is 5.03. The lowest BCUT2D eigenvalue weighted by atomic mass is 10.2. The molecule has 0 aromatic heterocycles. The Balaban J connectivity index is 1.99. The first-order valence-corrected chi connectivity index (χ1v) is 5.48. The third kappa shape index (κ3) is 3.49. The van der Waals surface area contributed by atoms with E-state index in [0.29, 0.717) is 5.75 Å². The van der Waals surface area contributed by atoms with Gasteiger partial charge in [0.15, 0.2) is 0 Å². The van der Waals surface area contributed by atoms with E-state index in [1.165, 1.54) is 18.2 Å². The Morgan fingerprint density at radius 3 is 2.56 bits per heavy atom. The highest BCUT2D eigenvalue weighted by Crippen LogP contribution is 2.17. The minimum absolute atomic E-state index is 0.0624. The number of esters is 1. The molecule has 0 atom stereocenters. The van der Waals surface area contributed by atoms with Gasteiger partial charge in [-0.1, -0.05) is 36.4 Å². The fourth-order valence-electron chi connectivity index (χ4n) is 1.43. The molecule has 0 saturated carbocycles. The van der Waals surface area contributed by atoms with Crippen LogP contribution in [0.25, 0.3) is 6.08 Å². The summed E-state index contributed by atoms with van der Waals surface area (Å²) in [5.74, 6) is -0.102. The van der Waals surface area contributed by atoms with Gasteiger partial charge in [0.2, 0.25) is 0 Å². The number of carbonyl (C=O) groups is 1. The molecule has 0 heterocycles. The van der Waals surface area contributed by atoms with Crippen molar-refractivity contribution in [2.45, 2.75) is 0 Å². The van der Waals surface area contributed by atoms with Crippen LogP contribution in [-0.4, -0.2) is 11.1 Å². The minimum Gasteiger partial charge on any atom is -0.508 e. The van der Waals surface area contributed by atoms with Crippen molar-refractivity contribution in [2.75, 3.05) is 0 Å². The van der Waals surface area contributed by atoms with E-state index in [4.69, 9.17) is 4.74 Å². The lowest BCUT2D eigenvalue weighted by Gasteiger charge is -2.01. The second-order valence-corrected chi connectivity index (χ2v) is 3.66. The predicted octanol–water partition coefficient (Wildman–Crippen LogP) is 3.01. The molecule has 0 radical (unpaired) electrons. The fraction of sp³-hybridized carbons (Fsp3) is 0. The zero-order chi connectivity index (χ0) is 12.8. The normalized spacial score (nSPS) is 10.4. The maximum absolute atomic E-state index is 11.5. The summed E-state index contributed by atoms with van der Waals surface area (Å²) in [6.45, 7) is 0. The molecule has 2 aromatic rings. The summed E-state index contributed by atoms with van der Waals surface area (Å²) >= 11 is 0. The van der Waals surface area contributed by atoms with E-state index in [1.807, 2.05) is 30.3 Å². The van der Waals surface area contributed by atoms with Gasteiger partial charge < -0.3 is 9.84 Å². The van der Waals surface area contributed by atoms with Gasteiger partial charge in [0, 0.05) is 12.1 Å². The maximum atomic E-state index is 11.5. The van der Waals surface area contributed by atoms with Crippen LogP contribution in [0.5, 0.6) is 11.5 Å². The molecule has 0 fully saturated rings. The van der Waals surface area contributed by atoms with Crippen LogP contribution in [0.3, 0.4) is 0 Å². The third-order valence-corrected chi connectivity index (χ3v) is 2.25. The van der Waals surface area contributed by atoms with E-state index in [0.717, 1.165) is 5.56 Å². The molecule has 0 bridgehead atoms. The van der Waals surface area contributed by atoms with Crippen LogP contribution in [0.2, 0.25) is 0 Å². The second-order valence-electron chi connectivity index (χ2n) is 3.66. The quantitative estimate of drug-likeness (QED) is 0.509. The minimum atomic E-state index is -0.482. The standard InChI is InChI=1S/C15H12O3/c16-13-7-4-8-14(11-13)18-15(17)10-9-12-5-2-1-3-6-12/h1-11,16H. The van der Waals surface area contributed by atoms with E-state index in [2.05, 4.69) is 0 Å². The molecule has 1 N–H and O–H groups in total. The summed E-state index contributed by atoms with van der Waals surface area (Å²) in [6, 6.07) is 15.6.